The van der Waals surface area contributed by atoms with E-state index in [0.29, 0.717) is 36.1 Å². The molecular formula is C24H21F3O. The van der Waals surface area contributed by atoms with Crippen LogP contribution in [0.15, 0.2) is 67.3 Å². The number of benzene rings is 3. The second kappa shape index (κ2) is 8.79. The highest BCUT2D eigenvalue weighted by Gasteiger charge is 2.19. The zero-order chi connectivity index (χ0) is 20.1. The van der Waals surface area contributed by atoms with Gasteiger partial charge in [-0.25, -0.2) is 13.2 Å². The Hall–Kier alpha value is -3.01. The molecule has 0 aliphatic rings. The van der Waals surface area contributed by atoms with E-state index in [0.717, 1.165) is 0 Å². The second-order valence-electron chi connectivity index (χ2n) is 6.42. The van der Waals surface area contributed by atoms with Gasteiger partial charge in [0, 0.05) is 5.56 Å². The van der Waals surface area contributed by atoms with Gasteiger partial charge in [-0.05, 0) is 54.5 Å². The van der Waals surface area contributed by atoms with Crippen LogP contribution in [0.4, 0.5) is 13.2 Å². The SMILES string of the molecule is C=CCOc1ccc(-c2ccc3cc(CC/C=C/C)c(F)c(F)c3c2F)cc1. The normalized spacial score (nSPS) is 11.3. The Morgan fingerprint density at radius 2 is 1.71 bits per heavy atom. The van der Waals surface area contributed by atoms with E-state index in [1.54, 1.807) is 42.5 Å². The third kappa shape index (κ3) is 3.96. The first-order chi connectivity index (χ1) is 13.6. The van der Waals surface area contributed by atoms with Gasteiger partial charge in [-0.1, -0.05) is 49.1 Å². The van der Waals surface area contributed by atoms with Crippen molar-refractivity contribution in [2.45, 2.75) is 19.8 Å². The highest BCUT2D eigenvalue weighted by Crippen LogP contribution is 2.33. The summed E-state index contributed by atoms with van der Waals surface area (Å²) >= 11 is 0. The Labute approximate surface area is 162 Å². The maximum Gasteiger partial charge on any atom is 0.169 e. The monoisotopic (exact) mass is 382 g/mol. The topological polar surface area (TPSA) is 9.23 Å². The van der Waals surface area contributed by atoms with Gasteiger partial charge in [0.25, 0.3) is 0 Å². The Morgan fingerprint density at radius 3 is 2.39 bits per heavy atom. The molecule has 1 nitrogen and oxygen atoms in total. The van der Waals surface area contributed by atoms with Crippen molar-refractivity contribution >= 4 is 10.8 Å². The molecular weight excluding hydrogens is 361 g/mol. The van der Waals surface area contributed by atoms with Crippen molar-refractivity contribution in [2.24, 2.45) is 0 Å². The van der Waals surface area contributed by atoms with Crippen LogP contribution in [0.25, 0.3) is 21.9 Å². The minimum absolute atomic E-state index is 0.211. The van der Waals surface area contributed by atoms with E-state index in [9.17, 15) is 8.78 Å². The molecule has 28 heavy (non-hydrogen) atoms. The van der Waals surface area contributed by atoms with Crippen LogP contribution >= 0.6 is 0 Å². The van der Waals surface area contributed by atoms with Gasteiger partial charge >= 0.3 is 0 Å². The molecule has 0 fully saturated rings. The lowest BCUT2D eigenvalue weighted by atomic mass is 9.97. The number of fused-ring (bicyclic) bond motifs is 1. The van der Waals surface area contributed by atoms with E-state index in [1.807, 2.05) is 19.1 Å². The molecule has 4 heteroatoms. The molecule has 3 rings (SSSR count). The number of hydrogen-bond acceptors (Lipinski definition) is 1. The zero-order valence-electron chi connectivity index (χ0n) is 15.6. The molecule has 144 valence electrons. The van der Waals surface area contributed by atoms with Crippen LogP contribution in [0.5, 0.6) is 5.75 Å². The highest BCUT2D eigenvalue weighted by molar-refractivity contribution is 5.89. The standard InChI is InChI=1S/C24H21F3O/c1-3-5-6-7-18-15-17-10-13-20(23(26)21(17)24(27)22(18)25)16-8-11-19(12-9-16)28-14-4-2/h3-5,8-13,15H,2,6-7,14H2,1H3/b5-3+. The molecule has 0 unspecified atom stereocenters. The molecule has 0 heterocycles. The Morgan fingerprint density at radius 1 is 0.964 bits per heavy atom. The van der Waals surface area contributed by atoms with Crippen LogP contribution in [0.1, 0.15) is 18.9 Å². The van der Waals surface area contributed by atoms with E-state index in [2.05, 4.69) is 6.58 Å². The largest absolute Gasteiger partial charge is 0.490 e. The molecule has 3 aromatic rings. The summed E-state index contributed by atoms with van der Waals surface area (Å²) in [6, 6.07) is 11.5. The van der Waals surface area contributed by atoms with E-state index in [-0.39, 0.29) is 16.5 Å². The van der Waals surface area contributed by atoms with Gasteiger partial charge in [0.1, 0.15) is 18.2 Å². The molecule has 0 saturated heterocycles. The first-order valence-corrected chi connectivity index (χ1v) is 9.11. The van der Waals surface area contributed by atoms with Crippen molar-refractivity contribution in [1.82, 2.24) is 0 Å². The Bertz CT molecular complexity index is 1020. The zero-order valence-corrected chi connectivity index (χ0v) is 15.6. The lowest BCUT2D eigenvalue weighted by Gasteiger charge is -2.11. The van der Waals surface area contributed by atoms with Crippen LogP contribution in [0.2, 0.25) is 0 Å². The summed E-state index contributed by atoms with van der Waals surface area (Å²) in [5.74, 6) is -2.28. The summed E-state index contributed by atoms with van der Waals surface area (Å²) in [7, 11) is 0. The maximum atomic E-state index is 15.1. The minimum atomic E-state index is -1.14. The van der Waals surface area contributed by atoms with Crippen LogP contribution in [0.3, 0.4) is 0 Å². The van der Waals surface area contributed by atoms with Crippen molar-refractivity contribution in [2.75, 3.05) is 6.61 Å². The van der Waals surface area contributed by atoms with Crippen molar-refractivity contribution in [3.05, 3.63) is 90.3 Å². The molecule has 0 amide bonds. The lowest BCUT2D eigenvalue weighted by Crippen LogP contribution is -1.99. The lowest BCUT2D eigenvalue weighted by molar-refractivity contribution is 0.363. The summed E-state index contributed by atoms with van der Waals surface area (Å²) in [6.45, 7) is 5.81. The van der Waals surface area contributed by atoms with Gasteiger partial charge in [-0.15, -0.1) is 0 Å². The third-order valence-corrected chi connectivity index (χ3v) is 4.55. The average Bonchev–Trinajstić information content (AvgIpc) is 2.71. The maximum absolute atomic E-state index is 15.1. The molecule has 0 saturated carbocycles. The first kappa shape index (κ1) is 19.7. The van der Waals surface area contributed by atoms with E-state index in [1.165, 1.54) is 6.07 Å². The molecule has 0 N–H and O–H groups in total. The molecule has 0 atom stereocenters. The third-order valence-electron chi connectivity index (χ3n) is 4.55. The number of rotatable bonds is 7. The fourth-order valence-corrected chi connectivity index (χ4v) is 3.13. The van der Waals surface area contributed by atoms with Crippen molar-refractivity contribution < 1.29 is 17.9 Å². The van der Waals surface area contributed by atoms with Crippen molar-refractivity contribution in [1.29, 1.82) is 0 Å². The minimum Gasteiger partial charge on any atom is -0.490 e. The van der Waals surface area contributed by atoms with Gasteiger partial charge in [-0.2, -0.15) is 0 Å². The number of aryl methyl sites for hydroxylation is 1. The highest BCUT2D eigenvalue weighted by atomic mass is 19.2. The van der Waals surface area contributed by atoms with E-state index < -0.39 is 17.5 Å². The Kier molecular flexibility index (Phi) is 6.19. The van der Waals surface area contributed by atoms with Crippen LogP contribution in [-0.4, -0.2) is 6.61 Å². The predicted molar refractivity (Wildman–Crippen MR) is 108 cm³/mol. The van der Waals surface area contributed by atoms with Gasteiger partial charge in [0.2, 0.25) is 0 Å². The predicted octanol–water partition coefficient (Wildman–Crippen LogP) is 7.00. The van der Waals surface area contributed by atoms with Crippen LogP contribution in [0, 0.1) is 17.5 Å². The molecule has 0 aliphatic heterocycles. The molecule has 0 radical (unpaired) electrons. The molecule has 3 aromatic carbocycles. The summed E-state index contributed by atoms with van der Waals surface area (Å²) in [5, 5.41) is 0.0262. The fourth-order valence-electron chi connectivity index (χ4n) is 3.13. The number of allylic oxidation sites excluding steroid dienone is 2. The van der Waals surface area contributed by atoms with Crippen LogP contribution in [-0.2, 0) is 6.42 Å². The molecule has 0 aliphatic carbocycles. The van der Waals surface area contributed by atoms with Gasteiger partial charge < -0.3 is 4.74 Å². The van der Waals surface area contributed by atoms with Crippen molar-refractivity contribution in [3.63, 3.8) is 0 Å². The van der Waals surface area contributed by atoms with E-state index in [4.69, 9.17) is 4.74 Å². The molecule has 0 spiro atoms. The number of hydrogen-bond donors (Lipinski definition) is 0. The second-order valence-corrected chi connectivity index (χ2v) is 6.42. The summed E-state index contributed by atoms with van der Waals surface area (Å²) in [4.78, 5) is 0. The molecule has 0 bridgehead atoms. The Balaban J connectivity index is 2.02. The van der Waals surface area contributed by atoms with Gasteiger partial charge in [0.05, 0.1) is 5.39 Å². The number of ether oxygens (including phenoxy) is 1. The van der Waals surface area contributed by atoms with Crippen LogP contribution < -0.4 is 4.74 Å². The van der Waals surface area contributed by atoms with Crippen molar-refractivity contribution in [3.8, 4) is 16.9 Å². The van der Waals surface area contributed by atoms with Gasteiger partial charge in [0.15, 0.2) is 11.6 Å². The van der Waals surface area contributed by atoms with E-state index >= 15 is 4.39 Å². The fraction of sp³-hybridized carbons (Fsp3) is 0.167. The summed E-state index contributed by atoms with van der Waals surface area (Å²) < 4.78 is 49.6. The number of halogens is 3. The smallest absolute Gasteiger partial charge is 0.169 e. The molecule has 0 aromatic heterocycles. The summed E-state index contributed by atoms with van der Waals surface area (Å²) in [5.41, 5.74) is 1.02. The van der Waals surface area contributed by atoms with Gasteiger partial charge in [-0.3, -0.25) is 0 Å². The first-order valence-electron chi connectivity index (χ1n) is 9.11. The quantitative estimate of drug-likeness (QED) is 0.400. The average molecular weight is 382 g/mol. The summed E-state index contributed by atoms with van der Waals surface area (Å²) in [6.07, 6.45) is 6.32.